The van der Waals surface area contributed by atoms with Gasteiger partial charge in [0.2, 0.25) is 0 Å². The summed E-state index contributed by atoms with van der Waals surface area (Å²) in [5.41, 5.74) is 5.72. The number of hydrogen-bond acceptors (Lipinski definition) is 4. The van der Waals surface area contributed by atoms with E-state index in [2.05, 4.69) is 15.4 Å². The maximum Gasteiger partial charge on any atom is 0.329 e. The van der Waals surface area contributed by atoms with Crippen molar-refractivity contribution in [3.63, 3.8) is 0 Å². The number of benzene rings is 1. The van der Waals surface area contributed by atoms with E-state index in [0.717, 1.165) is 0 Å². The maximum absolute atomic E-state index is 12.6. The van der Waals surface area contributed by atoms with E-state index in [1.165, 1.54) is 31.4 Å². The summed E-state index contributed by atoms with van der Waals surface area (Å²) in [4.78, 5) is 22.7. The van der Waals surface area contributed by atoms with Crippen molar-refractivity contribution in [3.05, 3.63) is 30.1 Å². The molecule has 1 atom stereocenters. The minimum atomic E-state index is -0.921. The lowest BCUT2D eigenvalue weighted by molar-refractivity contribution is -0.142. The highest BCUT2D eigenvalue weighted by Gasteiger charge is 2.19. The van der Waals surface area contributed by atoms with Gasteiger partial charge in [0.15, 0.2) is 0 Å². The molecule has 1 aromatic rings. The molecular weight excluding hydrogens is 241 g/mol. The first-order valence-corrected chi connectivity index (χ1v) is 5.17. The van der Waals surface area contributed by atoms with Crippen LogP contribution in [0.4, 0.5) is 14.9 Å². The van der Waals surface area contributed by atoms with Crippen LogP contribution in [-0.4, -0.2) is 31.7 Å². The molecule has 2 amide bonds. The molecule has 0 radical (unpaired) electrons. The van der Waals surface area contributed by atoms with E-state index in [1.807, 2.05) is 0 Å². The summed E-state index contributed by atoms with van der Waals surface area (Å²) in [7, 11) is 1.20. The van der Waals surface area contributed by atoms with E-state index in [0.29, 0.717) is 5.69 Å². The molecule has 98 valence electrons. The van der Waals surface area contributed by atoms with Crippen LogP contribution in [0.25, 0.3) is 0 Å². The number of esters is 1. The van der Waals surface area contributed by atoms with Crippen LogP contribution in [0, 0.1) is 5.82 Å². The predicted octanol–water partition coefficient (Wildman–Crippen LogP) is 0.447. The molecule has 6 nitrogen and oxygen atoms in total. The third-order valence-corrected chi connectivity index (χ3v) is 2.13. The smallest absolute Gasteiger partial charge is 0.329 e. The van der Waals surface area contributed by atoms with Crippen LogP contribution in [0.3, 0.4) is 0 Å². The summed E-state index contributed by atoms with van der Waals surface area (Å²) in [5, 5.41) is 4.77. The second kappa shape index (κ2) is 6.55. The minimum Gasteiger partial charge on any atom is -0.467 e. The van der Waals surface area contributed by atoms with Crippen molar-refractivity contribution in [1.82, 2.24) is 5.32 Å². The summed E-state index contributed by atoms with van der Waals surface area (Å²) < 4.78 is 17.1. The fourth-order valence-electron chi connectivity index (χ4n) is 1.21. The Hall–Kier alpha value is -2.15. The number of nitrogens with one attached hydrogen (secondary N) is 2. The topological polar surface area (TPSA) is 93.4 Å². The van der Waals surface area contributed by atoms with Gasteiger partial charge in [-0.15, -0.1) is 0 Å². The number of hydrogen-bond donors (Lipinski definition) is 3. The Morgan fingerprint density at radius 3 is 2.50 bits per heavy atom. The van der Waals surface area contributed by atoms with Gasteiger partial charge in [0, 0.05) is 12.2 Å². The Balaban J connectivity index is 2.55. The van der Waals surface area contributed by atoms with Gasteiger partial charge in [-0.1, -0.05) is 0 Å². The standard InChI is InChI=1S/C11H14FN3O3/c1-18-10(16)9(6-13)15-11(17)14-8-4-2-7(12)3-5-8/h2-5,9H,6,13H2,1H3,(H2,14,15,17)/t9-/m0/s1. The molecule has 0 aliphatic heterocycles. The molecule has 0 saturated heterocycles. The van der Waals surface area contributed by atoms with Gasteiger partial charge in [-0.2, -0.15) is 0 Å². The predicted molar refractivity (Wildman–Crippen MR) is 63.4 cm³/mol. The monoisotopic (exact) mass is 255 g/mol. The first-order valence-electron chi connectivity index (χ1n) is 5.17. The van der Waals surface area contributed by atoms with Crippen LogP contribution in [0.15, 0.2) is 24.3 Å². The molecule has 7 heteroatoms. The highest BCUT2D eigenvalue weighted by atomic mass is 19.1. The van der Waals surface area contributed by atoms with Crippen LogP contribution in [-0.2, 0) is 9.53 Å². The van der Waals surface area contributed by atoms with Crippen molar-refractivity contribution in [1.29, 1.82) is 0 Å². The van der Waals surface area contributed by atoms with E-state index in [1.54, 1.807) is 0 Å². The highest BCUT2D eigenvalue weighted by molar-refractivity contribution is 5.92. The number of carbonyl (C=O) groups excluding carboxylic acids is 2. The maximum atomic E-state index is 12.6. The van der Waals surface area contributed by atoms with Crippen LogP contribution < -0.4 is 16.4 Å². The zero-order valence-electron chi connectivity index (χ0n) is 9.77. The number of rotatable bonds is 4. The Kier molecular flexibility index (Phi) is 5.06. The molecular formula is C11H14FN3O3. The molecule has 18 heavy (non-hydrogen) atoms. The summed E-state index contributed by atoms with van der Waals surface area (Å²) in [6.45, 7) is -0.0799. The van der Waals surface area contributed by atoms with Gasteiger partial charge in [0.1, 0.15) is 11.9 Å². The third kappa shape index (κ3) is 4.02. The van der Waals surface area contributed by atoms with Crippen molar-refractivity contribution in [2.75, 3.05) is 19.0 Å². The van der Waals surface area contributed by atoms with Crippen LogP contribution in [0.1, 0.15) is 0 Å². The summed E-state index contributed by atoms with van der Waals surface area (Å²) >= 11 is 0. The number of carbonyl (C=O) groups is 2. The number of halogens is 1. The molecule has 0 fully saturated rings. The molecule has 0 aromatic heterocycles. The number of urea groups is 1. The molecule has 4 N–H and O–H groups in total. The average molecular weight is 255 g/mol. The summed E-state index contributed by atoms with van der Waals surface area (Å²) in [6, 6.07) is 3.65. The SMILES string of the molecule is COC(=O)[C@H](CN)NC(=O)Nc1ccc(F)cc1. The first-order chi connectivity index (χ1) is 8.56. The van der Waals surface area contributed by atoms with Gasteiger partial charge < -0.3 is 21.1 Å². The van der Waals surface area contributed by atoms with E-state index in [-0.39, 0.29) is 6.54 Å². The van der Waals surface area contributed by atoms with Crippen LogP contribution >= 0.6 is 0 Å². The fourth-order valence-corrected chi connectivity index (χ4v) is 1.21. The quantitative estimate of drug-likeness (QED) is 0.681. The lowest BCUT2D eigenvalue weighted by Crippen LogP contribution is -2.47. The number of amides is 2. The zero-order chi connectivity index (χ0) is 13.5. The minimum absolute atomic E-state index is 0.0799. The normalized spacial score (nSPS) is 11.5. The molecule has 1 aromatic carbocycles. The van der Waals surface area contributed by atoms with Crippen LogP contribution in [0.2, 0.25) is 0 Å². The van der Waals surface area contributed by atoms with Gasteiger partial charge in [-0.05, 0) is 24.3 Å². The van der Waals surface area contributed by atoms with Gasteiger partial charge in [-0.25, -0.2) is 14.0 Å². The Morgan fingerprint density at radius 1 is 1.39 bits per heavy atom. The fraction of sp³-hybridized carbons (Fsp3) is 0.273. The highest BCUT2D eigenvalue weighted by Crippen LogP contribution is 2.07. The van der Waals surface area contributed by atoms with E-state index < -0.39 is 23.9 Å². The van der Waals surface area contributed by atoms with Crippen molar-refractivity contribution in [3.8, 4) is 0 Å². The zero-order valence-corrected chi connectivity index (χ0v) is 9.77. The summed E-state index contributed by atoms with van der Waals surface area (Å²) in [6.07, 6.45) is 0. The third-order valence-electron chi connectivity index (χ3n) is 2.13. The van der Waals surface area contributed by atoms with Gasteiger partial charge in [-0.3, -0.25) is 0 Å². The van der Waals surface area contributed by atoms with Gasteiger partial charge >= 0.3 is 12.0 Å². The lowest BCUT2D eigenvalue weighted by atomic mass is 10.3. The molecule has 0 aliphatic carbocycles. The van der Waals surface area contributed by atoms with Crippen molar-refractivity contribution >= 4 is 17.7 Å². The molecule has 1 rings (SSSR count). The number of methoxy groups -OCH3 is 1. The second-order valence-corrected chi connectivity index (χ2v) is 3.42. The van der Waals surface area contributed by atoms with Crippen LogP contribution in [0.5, 0.6) is 0 Å². The molecule has 0 saturated carbocycles. The second-order valence-electron chi connectivity index (χ2n) is 3.42. The van der Waals surface area contributed by atoms with E-state index >= 15 is 0 Å². The lowest BCUT2D eigenvalue weighted by Gasteiger charge is -2.14. The molecule has 0 unspecified atom stereocenters. The number of anilines is 1. The van der Waals surface area contributed by atoms with Crippen molar-refractivity contribution in [2.45, 2.75) is 6.04 Å². The first kappa shape index (κ1) is 13.9. The molecule has 0 spiro atoms. The summed E-state index contributed by atoms with van der Waals surface area (Å²) in [5.74, 6) is -1.04. The largest absolute Gasteiger partial charge is 0.467 e. The van der Waals surface area contributed by atoms with Crippen molar-refractivity contribution in [2.24, 2.45) is 5.73 Å². The van der Waals surface area contributed by atoms with Crippen molar-refractivity contribution < 1.29 is 18.7 Å². The Bertz CT molecular complexity index is 422. The Morgan fingerprint density at radius 2 is 2.00 bits per heavy atom. The number of ether oxygens (including phenoxy) is 1. The molecule has 0 aliphatic rings. The van der Waals surface area contributed by atoms with E-state index in [4.69, 9.17) is 5.73 Å². The molecule has 0 heterocycles. The van der Waals surface area contributed by atoms with Gasteiger partial charge in [0.05, 0.1) is 7.11 Å². The van der Waals surface area contributed by atoms with E-state index in [9.17, 15) is 14.0 Å². The number of nitrogens with two attached hydrogens (primary N) is 1. The molecule has 0 bridgehead atoms. The Labute approximate surface area is 103 Å². The average Bonchev–Trinajstić information content (AvgIpc) is 2.37. The van der Waals surface area contributed by atoms with Gasteiger partial charge in [0.25, 0.3) is 0 Å².